The monoisotopic (exact) mass is 395 g/mol. The van der Waals surface area contributed by atoms with Crippen LogP contribution in [0.4, 0.5) is 17.5 Å². The van der Waals surface area contributed by atoms with Gasteiger partial charge < -0.3 is 20.5 Å². The molecule has 0 unspecified atom stereocenters. The third-order valence-electron chi connectivity index (χ3n) is 4.37. The minimum atomic E-state index is -0.0110. The van der Waals surface area contributed by atoms with Crippen LogP contribution in [0.3, 0.4) is 0 Å². The molecule has 1 amide bonds. The van der Waals surface area contributed by atoms with Gasteiger partial charge in [0, 0.05) is 31.3 Å². The Morgan fingerprint density at radius 1 is 1.03 bits per heavy atom. The maximum absolute atomic E-state index is 12.0. The molecular formula is C20H25N7O2. The van der Waals surface area contributed by atoms with Crippen molar-refractivity contribution >= 4 is 23.4 Å². The highest BCUT2D eigenvalue weighted by Crippen LogP contribution is 2.14. The van der Waals surface area contributed by atoms with Gasteiger partial charge in [0.1, 0.15) is 17.4 Å². The Hall–Kier alpha value is -3.49. The van der Waals surface area contributed by atoms with E-state index in [4.69, 9.17) is 4.52 Å². The quantitative estimate of drug-likeness (QED) is 0.473. The first-order valence-electron chi connectivity index (χ1n) is 9.47. The van der Waals surface area contributed by atoms with E-state index in [1.807, 2.05) is 45.0 Å². The highest BCUT2D eigenvalue weighted by atomic mass is 16.5. The van der Waals surface area contributed by atoms with Gasteiger partial charge in [-0.2, -0.15) is 0 Å². The molecule has 3 N–H and O–H groups in total. The van der Waals surface area contributed by atoms with Crippen molar-refractivity contribution in [3.8, 4) is 0 Å². The number of anilines is 3. The molecule has 9 heteroatoms. The molecule has 0 spiro atoms. The molecule has 0 aliphatic heterocycles. The van der Waals surface area contributed by atoms with Gasteiger partial charge in [0.2, 0.25) is 5.91 Å². The standard InChI is InChI=1S/C20H25N7O2/c1-13-8-9-21-19(12-13)24-18-6-5-17(25-26-18)22-10-11-23-20(28)7-4-16-14(2)27-29-15(16)3/h5-6,8-9,12H,4,7,10-11H2,1-3H3,(H,22,25)(H,23,28)(H,21,24,26). The van der Waals surface area contributed by atoms with E-state index in [1.165, 1.54) is 0 Å². The summed E-state index contributed by atoms with van der Waals surface area (Å²) >= 11 is 0. The molecule has 0 bridgehead atoms. The van der Waals surface area contributed by atoms with E-state index in [9.17, 15) is 4.79 Å². The molecule has 0 saturated heterocycles. The second-order valence-electron chi connectivity index (χ2n) is 6.73. The van der Waals surface area contributed by atoms with Crippen LogP contribution < -0.4 is 16.0 Å². The molecule has 0 fully saturated rings. The summed E-state index contributed by atoms with van der Waals surface area (Å²) in [6.07, 6.45) is 2.76. The lowest BCUT2D eigenvalue weighted by Crippen LogP contribution is -2.29. The Kier molecular flexibility index (Phi) is 6.72. The molecule has 3 rings (SSSR count). The van der Waals surface area contributed by atoms with Crippen molar-refractivity contribution in [1.82, 2.24) is 25.7 Å². The molecule has 0 aromatic carbocycles. The summed E-state index contributed by atoms with van der Waals surface area (Å²) in [4.78, 5) is 16.2. The van der Waals surface area contributed by atoms with Crippen molar-refractivity contribution in [2.75, 3.05) is 23.7 Å². The molecule has 3 heterocycles. The highest BCUT2D eigenvalue weighted by molar-refractivity contribution is 5.76. The Labute approximate surface area is 169 Å². The van der Waals surface area contributed by atoms with E-state index in [0.29, 0.717) is 37.6 Å². The average molecular weight is 395 g/mol. The molecular weight excluding hydrogens is 370 g/mol. The molecule has 9 nitrogen and oxygen atoms in total. The van der Waals surface area contributed by atoms with E-state index < -0.39 is 0 Å². The SMILES string of the molecule is Cc1ccnc(Nc2ccc(NCCNC(=O)CCc3c(C)noc3C)nn2)c1. The fourth-order valence-corrected chi connectivity index (χ4v) is 2.81. The number of carbonyl (C=O) groups is 1. The number of nitrogens with zero attached hydrogens (tertiary/aromatic N) is 4. The van der Waals surface area contributed by atoms with E-state index in [0.717, 1.165) is 28.4 Å². The first-order valence-corrected chi connectivity index (χ1v) is 9.47. The summed E-state index contributed by atoms with van der Waals surface area (Å²) in [5.74, 6) is 2.73. The van der Waals surface area contributed by atoms with Crippen LogP contribution in [-0.4, -0.2) is 39.3 Å². The predicted octanol–water partition coefficient (Wildman–Crippen LogP) is 2.69. The zero-order valence-electron chi connectivity index (χ0n) is 16.8. The van der Waals surface area contributed by atoms with Crippen LogP contribution in [-0.2, 0) is 11.2 Å². The predicted molar refractivity (Wildman–Crippen MR) is 110 cm³/mol. The summed E-state index contributed by atoms with van der Waals surface area (Å²) in [6.45, 7) is 6.79. The fraction of sp³-hybridized carbons (Fsp3) is 0.350. The Morgan fingerprint density at radius 3 is 2.52 bits per heavy atom. The largest absolute Gasteiger partial charge is 0.367 e. The van der Waals surface area contributed by atoms with E-state index in [1.54, 1.807) is 6.20 Å². The molecule has 152 valence electrons. The lowest BCUT2D eigenvalue weighted by Gasteiger charge is -2.08. The molecule has 0 aliphatic rings. The van der Waals surface area contributed by atoms with Crippen LogP contribution in [0.5, 0.6) is 0 Å². The minimum Gasteiger partial charge on any atom is -0.367 e. The normalized spacial score (nSPS) is 10.6. The van der Waals surface area contributed by atoms with Crippen molar-refractivity contribution in [2.24, 2.45) is 0 Å². The molecule has 29 heavy (non-hydrogen) atoms. The minimum absolute atomic E-state index is 0.0110. The van der Waals surface area contributed by atoms with Crippen molar-refractivity contribution in [1.29, 1.82) is 0 Å². The average Bonchev–Trinajstić information content (AvgIpc) is 3.02. The summed E-state index contributed by atoms with van der Waals surface area (Å²) < 4.78 is 5.11. The van der Waals surface area contributed by atoms with Crippen LogP contribution >= 0.6 is 0 Å². The first-order chi connectivity index (χ1) is 14.0. The summed E-state index contributed by atoms with van der Waals surface area (Å²) in [5.41, 5.74) is 2.96. The molecule has 0 radical (unpaired) electrons. The van der Waals surface area contributed by atoms with Crippen LogP contribution in [0.2, 0.25) is 0 Å². The summed E-state index contributed by atoms with van der Waals surface area (Å²) in [5, 5.41) is 21.3. The van der Waals surface area contributed by atoms with E-state index in [2.05, 4.69) is 36.3 Å². The maximum Gasteiger partial charge on any atom is 0.220 e. The molecule has 0 aliphatic carbocycles. The number of aryl methyl sites for hydroxylation is 3. The Balaban J connectivity index is 1.36. The Morgan fingerprint density at radius 2 is 1.83 bits per heavy atom. The molecule has 3 aromatic rings. The van der Waals surface area contributed by atoms with Gasteiger partial charge in [0.15, 0.2) is 5.82 Å². The number of rotatable bonds is 9. The number of aromatic nitrogens is 4. The number of pyridine rings is 1. The van der Waals surface area contributed by atoms with E-state index in [-0.39, 0.29) is 5.91 Å². The summed E-state index contributed by atoms with van der Waals surface area (Å²) in [6, 6.07) is 7.51. The highest BCUT2D eigenvalue weighted by Gasteiger charge is 2.10. The van der Waals surface area contributed by atoms with Crippen LogP contribution in [0.15, 0.2) is 35.0 Å². The van der Waals surface area contributed by atoms with Crippen molar-refractivity contribution in [3.63, 3.8) is 0 Å². The lowest BCUT2D eigenvalue weighted by atomic mass is 10.1. The topological polar surface area (TPSA) is 118 Å². The molecule has 3 aromatic heterocycles. The van der Waals surface area contributed by atoms with Gasteiger partial charge in [-0.1, -0.05) is 5.16 Å². The van der Waals surface area contributed by atoms with Crippen LogP contribution in [0.25, 0.3) is 0 Å². The Bertz CT molecular complexity index is 934. The first kappa shape index (κ1) is 20.2. The molecule has 0 atom stereocenters. The van der Waals surface area contributed by atoms with Gasteiger partial charge in [-0.05, 0) is 57.0 Å². The van der Waals surface area contributed by atoms with Gasteiger partial charge in [-0.25, -0.2) is 4.98 Å². The number of amides is 1. The third kappa shape index (κ3) is 6.00. The van der Waals surface area contributed by atoms with Gasteiger partial charge >= 0.3 is 0 Å². The third-order valence-corrected chi connectivity index (χ3v) is 4.37. The smallest absolute Gasteiger partial charge is 0.220 e. The van der Waals surface area contributed by atoms with Crippen molar-refractivity contribution < 1.29 is 9.32 Å². The zero-order chi connectivity index (χ0) is 20.6. The second-order valence-corrected chi connectivity index (χ2v) is 6.73. The van der Waals surface area contributed by atoms with Crippen molar-refractivity contribution in [2.45, 2.75) is 33.6 Å². The number of hydrogen-bond donors (Lipinski definition) is 3. The number of carbonyl (C=O) groups excluding carboxylic acids is 1. The van der Waals surface area contributed by atoms with Crippen LogP contribution in [0, 0.1) is 20.8 Å². The van der Waals surface area contributed by atoms with Gasteiger partial charge in [0.05, 0.1) is 5.69 Å². The van der Waals surface area contributed by atoms with Gasteiger partial charge in [-0.3, -0.25) is 4.79 Å². The lowest BCUT2D eigenvalue weighted by molar-refractivity contribution is -0.120. The van der Waals surface area contributed by atoms with Gasteiger partial charge in [-0.15, -0.1) is 10.2 Å². The second kappa shape index (κ2) is 9.63. The number of hydrogen-bond acceptors (Lipinski definition) is 8. The van der Waals surface area contributed by atoms with Crippen LogP contribution in [0.1, 0.15) is 29.0 Å². The fourth-order valence-electron chi connectivity index (χ4n) is 2.81. The maximum atomic E-state index is 12.0. The van der Waals surface area contributed by atoms with Crippen molar-refractivity contribution in [3.05, 3.63) is 53.0 Å². The van der Waals surface area contributed by atoms with E-state index >= 15 is 0 Å². The summed E-state index contributed by atoms with van der Waals surface area (Å²) in [7, 11) is 0. The zero-order valence-corrected chi connectivity index (χ0v) is 16.8. The number of nitrogens with one attached hydrogen (secondary N) is 3. The van der Waals surface area contributed by atoms with Gasteiger partial charge in [0.25, 0.3) is 0 Å². The molecule has 0 saturated carbocycles.